The van der Waals surface area contributed by atoms with E-state index in [1.54, 1.807) is 33.2 Å². The lowest BCUT2D eigenvalue weighted by molar-refractivity contribution is 0.0790. The quantitative estimate of drug-likeness (QED) is 0.334. The molecule has 0 saturated carbocycles. The van der Waals surface area contributed by atoms with Gasteiger partial charge in [-0.3, -0.25) is 0 Å². The van der Waals surface area contributed by atoms with Gasteiger partial charge in [0.05, 0.1) is 34.8 Å². The molecule has 196 valence electrons. The molecule has 9 nitrogen and oxygen atoms in total. The van der Waals surface area contributed by atoms with Gasteiger partial charge in [0.25, 0.3) is 0 Å². The van der Waals surface area contributed by atoms with Crippen molar-refractivity contribution in [3.8, 4) is 5.75 Å². The summed E-state index contributed by atoms with van der Waals surface area (Å²) in [6, 6.07) is 8.54. The van der Waals surface area contributed by atoms with Crippen LogP contribution >= 0.6 is 11.6 Å². The van der Waals surface area contributed by atoms with Gasteiger partial charge in [-0.2, -0.15) is 4.98 Å². The zero-order valence-electron chi connectivity index (χ0n) is 21.2. The molecule has 0 bridgehead atoms. The van der Waals surface area contributed by atoms with Gasteiger partial charge in [-0.15, -0.1) is 0 Å². The summed E-state index contributed by atoms with van der Waals surface area (Å²) in [5.41, 5.74) is 8.17. The summed E-state index contributed by atoms with van der Waals surface area (Å²) in [7, 11) is 3.75. The summed E-state index contributed by atoms with van der Waals surface area (Å²) in [6.45, 7) is 6.25. The van der Waals surface area contributed by atoms with Crippen LogP contribution in [0.5, 0.6) is 5.75 Å². The Bertz CT molecular complexity index is 1330. The van der Waals surface area contributed by atoms with Gasteiger partial charge in [-0.1, -0.05) is 11.6 Å². The first-order valence-corrected chi connectivity index (χ1v) is 12.4. The molecule has 2 atom stereocenters. The molecule has 2 saturated heterocycles. The largest absolute Gasteiger partial charge is 0.494 e. The topological polar surface area (TPSA) is 112 Å². The number of methoxy groups -OCH3 is 1. The van der Waals surface area contributed by atoms with Crippen LogP contribution in [0.3, 0.4) is 0 Å². The van der Waals surface area contributed by atoms with Crippen LogP contribution in [0.25, 0.3) is 0 Å². The van der Waals surface area contributed by atoms with E-state index in [1.807, 2.05) is 12.1 Å². The van der Waals surface area contributed by atoms with Crippen LogP contribution in [0, 0.1) is 11.7 Å². The van der Waals surface area contributed by atoms with E-state index in [9.17, 15) is 9.50 Å². The molecule has 1 aromatic heterocycles. The summed E-state index contributed by atoms with van der Waals surface area (Å²) < 4.78 is 19.8. The van der Waals surface area contributed by atoms with Crippen molar-refractivity contribution in [1.82, 2.24) is 14.9 Å². The molecule has 3 heterocycles. The molecule has 2 fully saturated rings. The van der Waals surface area contributed by atoms with Crippen molar-refractivity contribution in [2.75, 3.05) is 55.1 Å². The Morgan fingerprint density at radius 2 is 1.95 bits per heavy atom. The second-order valence-corrected chi connectivity index (χ2v) is 10.6. The van der Waals surface area contributed by atoms with E-state index in [1.165, 1.54) is 12.1 Å². The van der Waals surface area contributed by atoms with Crippen LogP contribution in [0.15, 0.2) is 36.5 Å². The minimum atomic E-state index is -1.31. The van der Waals surface area contributed by atoms with Crippen molar-refractivity contribution < 1.29 is 14.2 Å². The summed E-state index contributed by atoms with van der Waals surface area (Å²) in [6.07, 6.45) is 1.58. The third-order valence-electron chi connectivity index (χ3n) is 6.96. The first-order chi connectivity index (χ1) is 17.5. The zero-order valence-corrected chi connectivity index (χ0v) is 22.0. The maximum Gasteiger partial charge on any atom is 0.229 e. The van der Waals surface area contributed by atoms with Crippen molar-refractivity contribution >= 4 is 46.1 Å². The third-order valence-corrected chi connectivity index (χ3v) is 7.25. The van der Waals surface area contributed by atoms with Crippen molar-refractivity contribution in [1.29, 1.82) is 0 Å². The number of fused-ring (bicyclic) bond motifs is 1. The zero-order chi connectivity index (χ0) is 26.5. The second kappa shape index (κ2) is 9.51. The Balaban J connectivity index is 1.38. The predicted molar refractivity (Wildman–Crippen MR) is 145 cm³/mol. The number of hydrogen-bond donors (Lipinski definition) is 4. The number of hydrogen-bond acceptors (Lipinski definition) is 9. The molecule has 0 radical (unpaired) electrons. The molecule has 3 aromatic rings. The Morgan fingerprint density at radius 3 is 2.65 bits per heavy atom. The SMILES string of the molecule is COc1cc(N2C[C@@H]3CN(C)C[C@@H]32)c(N)cc1Nc1nccc(Nc2cc(Cl)c(F)cc2C(C)(C)O)n1. The second-order valence-electron chi connectivity index (χ2n) is 10.2. The Kier molecular flexibility index (Phi) is 6.51. The summed E-state index contributed by atoms with van der Waals surface area (Å²) in [5.74, 6) is 1.40. The van der Waals surface area contributed by atoms with Crippen LogP contribution in [0.4, 0.5) is 38.9 Å². The molecule has 5 rings (SSSR count). The van der Waals surface area contributed by atoms with Crippen LogP contribution < -0.4 is 26.0 Å². The van der Waals surface area contributed by atoms with Gasteiger partial charge in [0, 0.05) is 55.1 Å². The highest BCUT2D eigenvalue weighted by molar-refractivity contribution is 6.31. The van der Waals surface area contributed by atoms with E-state index < -0.39 is 11.4 Å². The van der Waals surface area contributed by atoms with Gasteiger partial charge in [-0.05, 0) is 45.2 Å². The standard InChI is InChI=1S/C26H31ClFN7O2/c1-26(2,36)15-7-17(28)16(27)8-19(15)31-24-5-6-30-25(33-24)32-20-9-18(29)21(10-23(20)37-4)35-12-14-11-34(3)13-22(14)35/h5-10,14,22,36H,11-13,29H2,1-4H3,(H2,30,31,32,33)/t14-,22-/m0/s1. The van der Waals surface area contributed by atoms with Gasteiger partial charge in [0.2, 0.25) is 5.95 Å². The average Bonchev–Trinajstić information content (AvgIpc) is 3.11. The number of anilines is 6. The van der Waals surface area contributed by atoms with Gasteiger partial charge >= 0.3 is 0 Å². The van der Waals surface area contributed by atoms with Crippen molar-refractivity contribution in [2.24, 2.45) is 5.92 Å². The molecule has 0 amide bonds. The number of likely N-dealkylation sites (N-methyl/N-ethyl adjacent to an activating group) is 1. The van der Waals surface area contributed by atoms with E-state index in [-0.39, 0.29) is 5.02 Å². The number of nitrogens with two attached hydrogens (primary N) is 1. The Morgan fingerprint density at radius 1 is 1.16 bits per heavy atom. The Labute approximate surface area is 220 Å². The molecular formula is C26H31ClFN7O2. The summed E-state index contributed by atoms with van der Waals surface area (Å²) in [5, 5.41) is 16.7. The molecular weight excluding hydrogens is 497 g/mol. The number of aromatic nitrogens is 2. The fraction of sp³-hybridized carbons (Fsp3) is 0.385. The first-order valence-electron chi connectivity index (χ1n) is 12.0. The fourth-order valence-corrected chi connectivity index (χ4v) is 5.29. The van der Waals surface area contributed by atoms with E-state index in [2.05, 4.69) is 37.4 Å². The van der Waals surface area contributed by atoms with E-state index in [4.69, 9.17) is 22.1 Å². The number of ether oxygens (including phenoxy) is 1. The number of likely N-dealkylation sites (tertiary alicyclic amines) is 1. The number of nitrogens with zero attached hydrogens (tertiary/aromatic N) is 4. The van der Waals surface area contributed by atoms with E-state index >= 15 is 0 Å². The van der Waals surface area contributed by atoms with Gasteiger partial charge < -0.3 is 36.0 Å². The molecule has 2 aliphatic rings. The van der Waals surface area contributed by atoms with E-state index in [0.717, 1.165) is 25.3 Å². The number of benzene rings is 2. The lowest BCUT2D eigenvalue weighted by Crippen LogP contribution is -2.56. The summed E-state index contributed by atoms with van der Waals surface area (Å²) >= 11 is 6.00. The minimum absolute atomic E-state index is 0.0685. The van der Waals surface area contributed by atoms with Gasteiger partial charge in [-0.25, -0.2) is 9.37 Å². The number of aliphatic hydroxyl groups is 1. The molecule has 0 aliphatic carbocycles. The summed E-state index contributed by atoms with van der Waals surface area (Å²) in [4.78, 5) is 13.5. The highest BCUT2D eigenvalue weighted by atomic mass is 35.5. The monoisotopic (exact) mass is 527 g/mol. The highest BCUT2D eigenvalue weighted by Gasteiger charge is 2.45. The van der Waals surface area contributed by atoms with Crippen molar-refractivity contribution in [3.05, 3.63) is 52.9 Å². The molecule has 2 aliphatic heterocycles. The maximum atomic E-state index is 14.1. The van der Waals surface area contributed by atoms with Gasteiger partial charge in [0.1, 0.15) is 17.4 Å². The Hall–Kier alpha value is -3.34. The van der Waals surface area contributed by atoms with Crippen LogP contribution in [0.1, 0.15) is 19.4 Å². The molecule has 2 aromatic carbocycles. The minimum Gasteiger partial charge on any atom is -0.494 e. The van der Waals surface area contributed by atoms with Crippen molar-refractivity contribution in [2.45, 2.75) is 25.5 Å². The fourth-order valence-electron chi connectivity index (χ4n) is 5.13. The average molecular weight is 528 g/mol. The highest BCUT2D eigenvalue weighted by Crippen LogP contribution is 2.43. The lowest BCUT2D eigenvalue weighted by atomic mass is 9.91. The van der Waals surface area contributed by atoms with Gasteiger partial charge in [0.15, 0.2) is 0 Å². The number of nitrogens with one attached hydrogen (secondary N) is 2. The van der Waals surface area contributed by atoms with E-state index in [0.29, 0.717) is 52.1 Å². The third kappa shape index (κ3) is 4.96. The first kappa shape index (κ1) is 25.3. The molecule has 0 spiro atoms. The number of nitrogen functional groups attached to an aromatic ring is 1. The van der Waals surface area contributed by atoms with Crippen LogP contribution in [-0.4, -0.2) is 59.8 Å². The normalized spacial score (nSPS) is 19.4. The maximum absolute atomic E-state index is 14.1. The molecule has 11 heteroatoms. The molecule has 0 unspecified atom stereocenters. The van der Waals surface area contributed by atoms with Crippen LogP contribution in [0.2, 0.25) is 5.02 Å². The predicted octanol–water partition coefficient (Wildman–Crippen LogP) is 4.32. The molecule has 37 heavy (non-hydrogen) atoms. The van der Waals surface area contributed by atoms with Crippen LogP contribution in [-0.2, 0) is 5.60 Å². The number of halogens is 2. The molecule has 5 N–H and O–H groups in total. The van der Waals surface area contributed by atoms with Crippen molar-refractivity contribution in [3.63, 3.8) is 0 Å². The smallest absolute Gasteiger partial charge is 0.229 e. The lowest BCUT2D eigenvalue weighted by Gasteiger charge is -2.46. The number of rotatable bonds is 7.